The summed E-state index contributed by atoms with van der Waals surface area (Å²) in [5.74, 6) is -1.14. The molecule has 0 fully saturated rings. The van der Waals surface area contributed by atoms with E-state index in [0.29, 0.717) is 0 Å². The Morgan fingerprint density at radius 2 is 1.95 bits per heavy atom. The highest BCUT2D eigenvalue weighted by molar-refractivity contribution is 6.33. The predicted octanol–water partition coefficient (Wildman–Crippen LogP) is 4.70. The largest absolute Gasteiger partial charge is 0.377 e. The molecular formula is C14H11ClF2N2O2. The number of benzene rings is 2. The van der Waals surface area contributed by atoms with Crippen LogP contribution in [0.4, 0.5) is 20.2 Å². The lowest BCUT2D eigenvalue weighted by molar-refractivity contribution is -0.384. The lowest BCUT2D eigenvalue weighted by atomic mass is 10.1. The van der Waals surface area contributed by atoms with Crippen molar-refractivity contribution in [1.29, 1.82) is 0 Å². The maximum atomic E-state index is 13.7. The molecule has 0 spiro atoms. The Hall–Kier alpha value is -2.21. The van der Waals surface area contributed by atoms with E-state index in [4.69, 9.17) is 11.6 Å². The predicted molar refractivity (Wildman–Crippen MR) is 76.5 cm³/mol. The molecule has 0 aromatic heterocycles. The van der Waals surface area contributed by atoms with E-state index >= 15 is 0 Å². The number of halogens is 3. The number of hydrogen-bond donors (Lipinski definition) is 1. The summed E-state index contributed by atoms with van der Waals surface area (Å²) in [6, 6.07) is 6.38. The second kappa shape index (κ2) is 6.05. The normalized spacial score (nSPS) is 12.0. The monoisotopic (exact) mass is 312 g/mol. The Bertz CT molecular complexity index is 695. The van der Waals surface area contributed by atoms with Crippen LogP contribution in [0.15, 0.2) is 36.4 Å². The minimum atomic E-state index is -0.611. The zero-order valence-electron chi connectivity index (χ0n) is 10.9. The van der Waals surface area contributed by atoms with E-state index in [2.05, 4.69) is 5.32 Å². The van der Waals surface area contributed by atoms with Crippen LogP contribution in [0.1, 0.15) is 18.5 Å². The molecule has 0 bridgehead atoms. The molecule has 0 aliphatic heterocycles. The van der Waals surface area contributed by atoms with E-state index in [0.717, 1.165) is 18.2 Å². The molecule has 4 nitrogen and oxygen atoms in total. The summed E-state index contributed by atoms with van der Waals surface area (Å²) < 4.78 is 26.9. The second-order valence-corrected chi connectivity index (χ2v) is 4.86. The van der Waals surface area contributed by atoms with Gasteiger partial charge in [0, 0.05) is 17.7 Å². The molecule has 0 saturated carbocycles. The van der Waals surface area contributed by atoms with Crippen LogP contribution in [-0.2, 0) is 0 Å². The standard InChI is InChI=1S/C14H11ClF2N2O2/c1-8(11-6-9(16)2-5-13(11)17)18-14-7-10(19(20)21)3-4-12(14)15/h2-8,18H,1H3. The number of nitrogens with zero attached hydrogens (tertiary/aromatic N) is 1. The topological polar surface area (TPSA) is 55.2 Å². The van der Waals surface area contributed by atoms with Crippen LogP contribution in [0, 0.1) is 21.7 Å². The quantitative estimate of drug-likeness (QED) is 0.657. The zero-order valence-corrected chi connectivity index (χ0v) is 11.7. The molecule has 0 heterocycles. The van der Waals surface area contributed by atoms with Crippen LogP contribution >= 0.6 is 11.6 Å². The second-order valence-electron chi connectivity index (χ2n) is 4.45. The van der Waals surface area contributed by atoms with Gasteiger partial charge in [-0.3, -0.25) is 10.1 Å². The van der Waals surface area contributed by atoms with E-state index in [9.17, 15) is 18.9 Å². The number of anilines is 1. The molecule has 1 N–H and O–H groups in total. The average molecular weight is 313 g/mol. The van der Waals surface area contributed by atoms with Gasteiger partial charge in [0.25, 0.3) is 5.69 Å². The highest BCUT2D eigenvalue weighted by Gasteiger charge is 2.15. The molecule has 1 atom stereocenters. The fraction of sp³-hybridized carbons (Fsp3) is 0.143. The summed E-state index contributed by atoms with van der Waals surface area (Å²) in [6.07, 6.45) is 0. The smallest absolute Gasteiger partial charge is 0.271 e. The Balaban J connectivity index is 2.31. The Morgan fingerprint density at radius 3 is 2.62 bits per heavy atom. The molecule has 110 valence electrons. The summed E-state index contributed by atoms with van der Waals surface area (Å²) in [7, 11) is 0. The molecule has 21 heavy (non-hydrogen) atoms. The molecule has 0 aliphatic carbocycles. The van der Waals surface area contributed by atoms with Gasteiger partial charge in [-0.05, 0) is 31.2 Å². The van der Waals surface area contributed by atoms with Gasteiger partial charge >= 0.3 is 0 Å². The van der Waals surface area contributed by atoms with Crippen LogP contribution in [0.2, 0.25) is 5.02 Å². The summed E-state index contributed by atoms with van der Waals surface area (Å²) in [6.45, 7) is 1.60. The van der Waals surface area contributed by atoms with Crippen LogP contribution in [0.25, 0.3) is 0 Å². The van der Waals surface area contributed by atoms with E-state index in [1.165, 1.54) is 18.2 Å². The molecule has 1 unspecified atom stereocenters. The van der Waals surface area contributed by atoms with Crippen LogP contribution in [0.3, 0.4) is 0 Å². The fourth-order valence-electron chi connectivity index (χ4n) is 1.89. The summed E-state index contributed by atoms with van der Waals surface area (Å²) >= 11 is 5.95. The third-order valence-electron chi connectivity index (χ3n) is 2.96. The Labute approximate surface area is 124 Å². The number of hydrogen-bond acceptors (Lipinski definition) is 3. The molecule has 0 radical (unpaired) electrons. The van der Waals surface area contributed by atoms with Gasteiger partial charge in [0.1, 0.15) is 11.6 Å². The summed E-state index contributed by atoms with van der Waals surface area (Å²) in [5.41, 5.74) is 0.244. The third kappa shape index (κ3) is 3.46. The first kappa shape index (κ1) is 15.2. The molecule has 2 aromatic rings. The molecule has 0 amide bonds. The van der Waals surface area contributed by atoms with Gasteiger partial charge in [-0.1, -0.05) is 11.6 Å². The van der Waals surface area contributed by atoms with Gasteiger partial charge < -0.3 is 5.32 Å². The Kier molecular flexibility index (Phi) is 4.37. The van der Waals surface area contributed by atoms with Crippen molar-refractivity contribution in [3.8, 4) is 0 Å². The van der Waals surface area contributed by atoms with Crippen molar-refractivity contribution in [2.45, 2.75) is 13.0 Å². The minimum absolute atomic E-state index is 0.109. The van der Waals surface area contributed by atoms with Gasteiger partial charge in [0.2, 0.25) is 0 Å². The van der Waals surface area contributed by atoms with Crippen molar-refractivity contribution in [3.05, 3.63) is 68.7 Å². The first-order valence-electron chi connectivity index (χ1n) is 6.04. The first-order valence-corrected chi connectivity index (χ1v) is 6.41. The fourth-order valence-corrected chi connectivity index (χ4v) is 2.07. The number of rotatable bonds is 4. The number of nitrogens with one attached hydrogen (secondary N) is 1. The lowest BCUT2D eigenvalue weighted by Crippen LogP contribution is -2.09. The van der Waals surface area contributed by atoms with Crippen molar-refractivity contribution < 1.29 is 13.7 Å². The van der Waals surface area contributed by atoms with Gasteiger partial charge in [-0.15, -0.1) is 0 Å². The van der Waals surface area contributed by atoms with Crippen LogP contribution < -0.4 is 5.32 Å². The maximum absolute atomic E-state index is 13.7. The van der Waals surface area contributed by atoms with Crippen LogP contribution in [0.5, 0.6) is 0 Å². The lowest BCUT2D eigenvalue weighted by Gasteiger charge is -2.17. The van der Waals surface area contributed by atoms with Crippen molar-refractivity contribution >= 4 is 23.0 Å². The highest BCUT2D eigenvalue weighted by Crippen LogP contribution is 2.30. The maximum Gasteiger partial charge on any atom is 0.271 e. The highest BCUT2D eigenvalue weighted by atomic mass is 35.5. The number of nitro groups is 1. The third-order valence-corrected chi connectivity index (χ3v) is 3.29. The molecular weight excluding hydrogens is 302 g/mol. The van der Waals surface area contributed by atoms with E-state index in [-0.39, 0.29) is 22.0 Å². The van der Waals surface area contributed by atoms with E-state index in [1.54, 1.807) is 6.92 Å². The van der Waals surface area contributed by atoms with Crippen molar-refractivity contribution in [2.24, 2.45) is 0 Å². The first-order chi connectivity index (χ1) is 9.88. The van der Waals surface area contributed by atoms with Crippen LogP contribution in [-0.4, -0.2) is 4.92 Å². The average Bonchev–Trinajstić information content (AvgIpc) is 2.43. The minimum Gasteiger partial charge on any atom is -0.377 e. The van der Waals surface area contributed by atoms with Gasteiger partial charge in [-0.25, -0.2) is 8.78 Å². The van der Waals surface area contributed by atoms with Gasteiger partial charge in [0.15, 0.2) is 0 Å². The van der Waals surface area contributed by atoms with E-state index < -0.39 is 22.6 Å². The van der Waals surface area contributed by atoms with Gasteiger partial charge in [-0.2, -0.15) is 0 Å². The summed E-state index contributed by atoms with van der Waals surface area (Å²) in [4.78, 5) is 10.2. The van der Waals surface area contributed by atoms with Crippen molar-refractivity contribution in [2.75, 3.05) is 5.32 Å². The number of nitro benzene ring substituents is 1. The molecule has 0 aliphatic rings. The van der Waals surface area contributed by atoms with Gasteiger partial charge in [0.05, 0.1) is 21.7 Å². The van der Waals surface area contributed by atoms with Crippen molar-refractivity contribution in [3.63, 3.8) is 0 Å². The Morgan fingerprint density at radius 1 is 1.24 bits per heavy atom. The number of non-ortho nitro benzene ring substituents is 1. The van der Waals surface area contributed by atoms with E-state index in [1.807, 2.05) is 0 Å². The summed E-state index contributed by atoms with van der Waals surface area (Å²) in [5, 5.41) is 13.8. The van der Waals surface area contributed by atoms with Crippen molar-refractivity contribution in [1.82, 2.24) is 0 Å². The zero-order chi connectivity index (χ0) is 15.6. The molecule has 2 aromatic carbocycles. The molecule has 0 saturated heterocycles. The molecule has 2 rings (SSSR count). The molecule has 7 heteroatoms. The SMILES string of the molecule is CC(Nc1cc([N+](=O)[O-])ccc1Cl)c1cc(F)ccc1F.